The van der Waals surface area contributed by atoms with Crippen LogP contribution < -0.4 is 10.3 Å². The van der Waals surface area contributed by atoms with Crippen molar-refractivity contribution in [3.63, 3.8) is 0 Å². The number of hydrogen-bond acceptors (Lipinski definition) is 3. The number of hydrazone groups is 1. The van der Waals surface area contributed by atoms with E-state index in [9.17, 15) is 4.39 Å². The number of halogens is 2. The van der Waals surface area contributed by atoms with Crippen molar-refractivity contribution in [1.29, 1.82) is 0 Å². The average molecular weight is 334 g/mol. The van der Waals surface area contributed by atoms with E-state index in [1.807, 2.05) is 51.0 Å². The second-order valence-electron chi connectivity index (χ2n) is 5.54. The molecule has 2 aromatic carbocycles. The van der Waals surface area contributed by atoms with E-state index in [0.717, 1.165) is 22.6 Å². The first kappa shape index (κ1) is 17.3. The highest BCUT2D eigenvalue weighted by Crippen LogP contribution is 2.23. The van der Waals surface area contributed by atoms with Gasteiger partial charge in [0.05, 0.1) is 11.4 Å². The number of nitrogens with one attached hydrogen (secondary N) is 1. The van der Waals surface area contributed by atoms with Gasteiger partial charge in [-0.2, -0.15) is 5.10 Å². The SMILES string of the molecule is CNc1ccc(Cl)cc1/C(C)=N/N(c1ccc(F)cc1)C(C)C. The molecule has 0 saturated carbocycles. The zero-order valence-electron chi connectivity index (χ0n) is 13.8. The Labute approximate surface area is 141 Å². The molecule has 23 heavy (non-hydrogen) atoms. The van der Waals surface area contributed by atoms with Crippen LogP contribution in [0.5, 0.6) is 0 Å². The summed E-state index contributed by atoms with van der Waals surface area (Å²) in [5.74, 6) is -0.259. The second kappa shape index (κ2) is 7.47. The molecule has 0 radical (unpaired) electrons. The molecule has 3 nitrogen and oxygen atoms in total. The molecule has 0 aliphatic carbocycles. The first-order chi connectivity index (χ1) is 10.9. The third-order valence-electron chi connectivity index (χ3n) is 3.48. The van der Waals surface area contributed by atoms with Gasteiger partial charge in [-0.15, -0.1) is 0 Å². The normalized spacial score (nSPS) is 11.7. The third kappa shape index (κ3) is 4.23. The van der Waals surface area contributed by atoms with Gasteiger partial charge in [-0.3, -0.25) is 5.01 Å². The zero-order chi connectivity index (χ0) is 17.0. The summed E-state index contributed by atoms with van der Waals surface area (Å²) in [6.07, 6.45) is 0. The number of rotatable bonds is 5. The largest absolute Gasteiger partial charge is 0.388 e. The lowest BCUT2D eigenvalue weighted by Gasteiger charge is -2.25. The quantitative estimate of drug-likeness (QED) is 0.604. The van der Waals surface area contributed by atoms with Crippen molar-refractivity contribution in [3.05, 3.63) is 58.9 Å². The van der Waals surface area contributed by atoms with Crippen molar-refractivity contribution < 1.29 is 4.39 Å². The van der Waals surface area contributed by atoms with Crippen LogP contribution in [-0.4, -0.2) is 18.8 Å². The maximum atomic E-state index is 13.1. The predicted molar refractivity (Wildman–Crippen MR) is 97.2 cm³/mol. The summed E-state index contributed by atoms with van der Waals surface area (Å²) in [6.45, 7) is 6.01. The van der Waals surface area contributed by atoms with Gasteiger partial charge in [0.15, 0.2) is 0 Å². The number of hydrogen-bond donors (Lipinski definition) is 1. The van der Waals surface area contributed by atoms with Gasteiger partial charge in [0, 0.05) is 29.4 Å². The van der Waals surface area contributed by atoms with Gasteiger partial charge in [0.1, 0.15) is 5.82 Å². The molecule has 0 aliphatic heterocycles. The molecule has 0 heterocycles. The maximum Gasteiger partial charge on any atom is 0.123 e. The molecule has 5 heteroatoms. The summed E-state index contributed by atoms with van der Waals surface area (Å²) in [4.78, 5) is 0. The van der Waals surface area contributed by atoms with E-state index in [4.69, 9.17) is 16.7 Å². The van der Waals surface area contributed by atoms with Crippen molar-refractivity contribution in [3.8, 4) is 0 Å². The molecule has 2 aromatic rings. The first-order valence-electron chi connectivity index (χ1n) is 7.50. The second-order valence-corrected chi connectivity index (χ2v) is 5.98. The third-order valence-corrected chi connectivity index (χ3v) is 3.71. The lowest BCUT2D eigenvalue weighted by Crippen LogP contribution is -2.26. The minimum Gasteiger partial charge on any atom is -0.388 e. The van der Waals surface area contributed by atoms with Gasteiger partial charge in [0.25, 0.3) is 0 Å². The van der Waals surface area contributed by atoms with Gasteiger partial charge < -0.3 is 5.32 Å². The molecule has 0 bridgehead atoms. The zero-order valence-corrected chi connectivity index (χ0v) is 14.5. The summed E-state index contributed by atoms with van der Waals surface area (Å²) in [5, 5.41) is 10.4. The number of anilines is 2. The van der Waals surface area contributed by atoms with Crippen molar-refractivity contribution in [2.45, 2.75) is 26.8 Å². The van der Waals surface area contributed by atoms with Crippen LogP contribution >= 0.6 is 11.6 Å². The van der Waals surface area contributed by atoms with Crippen LogP contribution in [0.25, 0.3) is 0 Å². The van der Waals surface area contributed by atoms with E-state index >= 15 is 0 Å². The molecule has 0 aliphatic rings. The van der Waals surface area contributed by atoms with E-state index in [2.05, 4.69) is 5.32 Å². The first-order valence-corrected chi connectivity index (χ1v) is 7.88. The lowest BCUT2D eigenvalue weighted by atomic mass is 10.1. The Morgan fingerprint density at radius 1 is 1.17 bits per heavy atom. The molecule has 0 aromatic heterocycles. The molecule has 0 spiro atoms. The smallest absolute Gasteiger partial charge is 0.123 e. The highest BCUT2D eigenvalue weighted by molar-refractivity contribution is 6.31. The molecule has 1 N–H and O–H groups in total. The summed E-state index contributed by atoms with van der Waals surface area (Å²) >= 11 is 6.11. The van der Waals surface area contributed by atoms with Crippen molar-refractivity contribution in [2.75, 3.05) is 17.4 Å². The van der Waals surface area contributed by atoms with Crippen LogP contribution in [0.4, 0.5) is 15.8 Å². The lowest BCUT2D eigenvalue weighted by molar-refractivity contribution is 0.626. The van der Waals surface area contributed by atoms with Gasteiger partial charge in [0.2, 0.25) is 0 Å². The summed E-state index contributed by atoms with van der Waals surface area (Å²) in [7, 11) is 1.86. The monoisotopic (exact) mass is 333 g/mol. The summed E-state index contributed by atoms with van der Waals surface area (Å²) < 4.78 is 13.1. The Hall–Kier alpha value is -2.07. The van der Waals surface area contributed by atoms with Crippen molar-refractivity contribution >= 4 is 28.7 Å². The highest BCUT2D eigenvalue weighted by atomic mass is 35.5. The fourth-order valence-electron chi connectivity index (χ4n) is 2.31. The molecule has 122 valence electrons. The van der Waals surface area contributed by atoms with Crippen LogP contribution in [-0.2, 0) is 0 Å². The molecule has 0 atom stereocenters. The fourth-order valence-corrected chi connectivity index (χ4v) is 2.49. The fraction of sp³-hybridized carbons (Fsp3) is 0.278. The number of nitrogens with zero attached hydrogens (tertiary/aromatic N) is 2. The minimum absolute atomic E-state index is 0.132. The number of benzene rings is 2. The van der Waals surface area contributed by atoms with E-state index in [0.29, 0.717) is 5.02 Å². The van der Waals surface area contributed by atoms with E-state index in [-0.39, 0.29) is 11.9 Å². The standard InChI is InChI=1S/C18H21ClFN3/c1-12(2)23(16-8-6-15(20)7-9-16)22-13(3)17-11-14(19)5-10-18(17)21-4/h5-12,21H,1-4H3/b22-13+. The highest BCUT2D eigenvalue weighted by Gasteiger charge is 2.12. The van der Waals surface area contributed by atoms with Crippen molar-refractivity contribution in [1.82, 2.24) is 0 Å². The van der Waals surface area contributed by atoms with E-state index in [1.165, 1.54) is 12.1 Å². The van der Waals surface area contributed by atoms with Crippen LogP contribution in [0, 0.1) is 5.82 Å². The Bertz CT molecular complexity index is 696. The Kier molecular flexibility index (Phi) is 5.61. The molecular formula is C18H21ClFN3. The Balaban J connectivity index is 2.43. The van der Waals surface area contributed by atoms with E-state index in [1.54, 1.807) is 12.1 Å². The maximum absolute atomic E-state index is 13.1. The summed E-state index contributed by atoms with van der Waals surface area (Å²) in [5.41, 5.74) is 3.56. The Morgan fingerprint density at radius 2 is 1.83 bits per heavy atom. The topological polar surface area (TPSA) is 27.6 Å². The van der Waals surface area contributed by atoms with Gasteiger partial charge in [-0.25, -0.2) is 4.39 Å². The molecule has 2 rings (SSSR count). The Morgan fingerprint density at radius 3 is 2.39 bits per heavy atom. The predicted octanol–water partition coefficient (Wildman–Crippen LogP) is 5.16. The van der Waals surface area contributed by atoms with Crippen molar-refractivity contribution in [2.24, 2.45) is 5.10 Å². The van der Waals surface area contributed by atoms with Gasteiger partial charge in [-0.1, -0.05) is 11.6 Å². The van der Waals surface area contributed by atoms with Gasteiger partial charge in [-0.05, 0) is 63.2 Å². The van der Waals surface area contributed by atoms with Gasteiger partial charge >= 0.3 is 0 Å². The molecular weight excluding hydrogens is 313 g/mol. The van der Waals surface area contributed by atoms with Crippen LogP contribution in [0.2, 0.25) is 5.02 Å². The average Bonchev–Trinajstić information content (AvgIpc) is 2.53. The minimum atomic E-state index is -0.259. The summed E-state index contributed by atoms with van der Waals surface area (Å²) in [6, 6.07) is 12.1. The molecule has 0 unspecified atom stereocenters. The molecule has 0 amide bonds. The molecule has 0 fully saturated rings. The van der Waals surface area contributed by atoms with E-state index < -0.39 is 0 Å². The van der Waals surface area contributed by atoms with Crippen LogP contribution in [0.15, 0.2) is 47.6 Å². The van der Waals surface area contributed by atoms with Crippen LogP contribution in [0.1, 0.15) is 26.3 Å². The molecule has 0 saturated heterocycles. The van der Waals surface area contributed by atoms with Crippen LogP contribution in [0.3, 0.4) is 0 Å².